The molecule has 0 amide bonds. The fourth-order valence-corrected chi connectivity index (χ4v) is 2.64. The van der Waals surface area contributed by atoms with Gasteiger partial charge in [0.05, 0.1) is 6.61 Å². The summed E-state index contributed by atoms with van der Waals surface area (Å²) < 4.78 is 5.33. The second-order valence-electron chi connectivity index (χ2n) is 5.05. The second-order valence-corrected chi connectivity index (χ2v) is 5.05. The Balaban J connectivity index is 1.77. The van der Waals surface area contributed by atoms with E-state index < -0.39 is 0 Å². The smallest absolute Gasteiger partial charge is 0.323 e. The number of nitrogen functional groups attached to an aromatic ring is 1. The van der Waals surface area contributed by atoms with E-state index in [0.717, 1.165) is 19.5 Å². The van der Waals surface area contributed by atoms with Gasteiger partial charge in [-0.05, 0) is 18.9 Å². The van der Waals surface area contributed by atoms with Gasteiger partial charge in [0.15, 0.2) is 0 Å². The van der Waals surface area contributed by atoms with Crippen LogP contribution in [0.1, 0.15) is 24.8 Å². The highest BCUT2D eigenvalue weighted by molar-refractivity contribution is 5.39. The first-order valence-electron chi connectivity index (χ1n) is 7.20. The molecule has 3 rings (SSSR count). The highest BCUT2D eigenvalue weighted by Crippen LogP contribution is 2.29. The lowest BCUT2D eigenvalue weighted by molar-refractivity contribution is 0.312. The van der Waals surface area contributed by atoms with E-state index in [9.17, 15) is 0 Å². The van der Waals surface area contributed by atoms with Crippen molar-refractivity contribution in [3.63, 3.8) is 0 Å². The Morgan fingerprint density at radius 3 is 2.81 bits per heavy atom. The van der Waals surface area contributed by atoms with E-state index in [2.05, 4.69) is 44.1 Å². The molecule has 1 fully saturated rings. The minimum Gasteiger partial charge on any atom is -0.464 e. The standard InChI is InChI=1S/C15H19N5O/c1-2-21-15-18-13(16)17-14(19-15)20-9-8-12(10-20)11-6-4-3-5-7-11/h3-7,12H,2,8-10H2,1H3,(H2,16,17,18,19). The summed E-state index contributed by atoms with van der Waals surface area (Å²) in [6, 6.07) is 10.8. The summed E-state index contributed by atoms with van der Waals surface area (Å²) in [5.74, 6) is 1.30. The molecule has 2 aromatic rings. The van der Waals surface area contributed by atoms with Crippen LogP contribution in [0.15, 0.2) is 30.3 Å². The van der Waals surface area contributed by atoms with Crippen molar-refractivity contribution in [1.29, 1.82) is 0 Å². The summed E-state index contributed by atoms with van der Waals surface area (Å²) >= 11 is 0. The van der Waals surface area contributed by atoms with Crippen LogP contribution < -0.4 is 15.4 Å². The van der Waals surface area contributed by atoms with Gasteiger partial charge < -0.3 is 15.4 Å². The van der Waals surface area contributed by atoms with Crippen LogP contribution in [-0.4, -0.2) is 34.6 Å². The summed E-state index contributed by atoms with van der Waals surface area (Å²) in [7, 11) is 0. The number of hydrogen-bond acceptors (Lipinski definition) is 6. The number of anilines is 2. The second kappa shape index (κ2) is 5.95. The van der Waals surface area contributed by atoms with Crippen molar-refractivity contribution in [1.82, 2.24) is 15.0 Å². The number of aromatic nitrogens is 3. The maximum atomic E-state index is 5.73. The van der Waals surface area contributed by atoms with Gasteiger partial charge in [0, 0.05) is 19.0 Å². The van der Waals surface area contributed by atoms with Crippen molar-refractivity contribution in [2.45, 2.75) is 19.3 Å². The minimum absolute atomic E-state index is 0.201. The molecule has 21 heavy (non-hydrogen) atoms. The Labute approximate surface area is 124 Å². The average molecular weight is 285 g/mol. The summed E-state index contributed by atoms with van der Waals surface area (Å²) in [6.45, 7) is 4.20. The molecular formula is C15H19N5O. The van der Waals surface area contributed by atoms with E-state index >= 15 is 0 Å². The maximum absolute atomic E-state index is 5.73. The molecule has 0 aliphatic carbocycles. The molecule has 1 aromatic carbocycles. The lowest BCUT2D eigenvalue weighted by Crippen LogP contribution is -2.23. The average Bonchev–Trinajstić information content (AvgIpc) is 2.98. The van der Waals surface area contributed by atoms with Crippen LogP contribution in [0, 0.1) is 0 Å². The van der Waals surface area contributed by atoms with E-state index in [4.69, 9.17) is 10.5 Å². The lowest BCUT2D eigenvalue weighted by atomic mass is 9.99. The van der Waals surface area contributed by atoms with Crippen molar-refractivity contribution < 1.29 is 4.74 Å². The molecule has 2 N–H and O–H groups in total. The Bertz CT molecular complexity index is 604. The first-order chi connectivity index (χ1) is 10.3. The van der Waals surface area contributed by atoms with Crippen molar-refractivity contribution in [3.8, 4) is 6.01 Å². The van der Waals surface area contributed by atoms with Crippen molar-refractivity contribution in [2.75, 3.05) is 30.3 Å². The zero-order valence-electron chi connectivity index (χ0n) is 12.1. The molecule has 2 heterocycles. The third kappa shape index (κ3) is 3.04. The number of benzene rings is 1. The predicted molar refractivity (Wildman–Crippen MR) is 81.4 cm³/mol. The van der Waals surface area contributed by atoms with Gasteiger partial charge in [-0.2, -0.15) is 15.0 Å². The molecule has 6 nitrogen and oxygen atoms in total. The van der Waals surface area contributed by atoms with E-state index in [1.54, 1.807) is 0 Å². The third-order valence-electron chi connectivity index (χ3n) is 3.64. The number of nitrogens with zero attached hydrogens (tertiary/aromatic N) is 4. The number of nitrogens with two attached hydrogens (primary N) is 1. The number of hydrogen-bond donors (Lipinski definition) is 1. The molecule has 1 aliphatic heterocycles. The summed E-state index contributed by atoms with van der Waals surface area (Å²) in [6.07, 6.45) is 1.08. The van der Waals surface area contributed by atoms with Crippen molar-refractivity contribution >= 4 is 11.9 Å². The number of ether oxygens (including phenoxy) is 1. The molecule has 1 saturated heterocycles. The first-order valence-corrected chi connectivity index (χ1v) is 7.20. The van der Waals surface area contributed by atoms with Crippen LogP contribution in [-0.2, 0) is 0 Å². The van der Waals surface area contributed by atoms with Crippen LogP contribution >= 0.6 is 0 Å². The van der Waals surface area contributed by atoms with Crippen molar-refractivity contribution in [2.24, 2.45) is 0 Å². The van der Waals surface area contributed by atoms with Gasteiger partial charge in [-0.1, -0.05) is 30.3 Å². The first kappa shape index (κ1) is 13.6. The topological polar surface area (TPSA) is 77.2 Å². The molecule has 0 spiro atoms. The molecule has 0 saturated carbocycles. The van der Waals surface area contributed by atoms with Gasteiger partial charge in [0.2, 0.25) is 11.9 Å². The monoisotopic (exact) mass is 285 g/mol. The van der Waals surface area contributed by atoms with Gasteiger partial charge >= 0.3 is 6.01 Å². The molecule has 110 valence electrons. The zero-order valence-corrected chi connectivity index (χ0v) is 12.1. The van der Waals surface area contributed by atoms with Gasteiger partial charge in [-0.25, -0.2) is 0 Å². The van der Waals surface area contributed by atoms with Gasteiger partial charge in [-0.3, -0.25) is 0 Å². The Morgan fingerprint density at radius 2 is 2.05 bits per heavy atom. The minimum atomic E-state index is 0.201. The highest BCUT2D eigenvalue weighted by Gasteiger charge is 2.26. The largest absolute Gasteiger partial charge is 0.464 e. The van der Waals surface area contributed by atoms with E-state index in [1.165, 1.54) is 5.56 Å². The Morgan fingerprint density at radius 1 is 1.24 bits per heavy atom. The van der Waals surface area contributed by atoms with Crippen LogP contribution in [0.2, 0.25) is 0 Å². The molecular weight excluding hydrogens is 266 g/mol. The maximum Gasteiger partial charge on any atom is 0.323 e. The van der Waals surface area contributed by atoms with Crippen molar-refractivity contribution in [3.05, 3.63) is 35.9 Å². The normalized spacial score (nSPS) is 18.0. The van der Waals surface area contributed by atoms with Crippen LogP contribution in [0.3, 0.4) is 0 Å². The zero-order chi connectivity index (χ0) is 14.7. The quantitative estimate of drug-likeness (QED) is 0.923. The predicted octanol–water partition coefficient (Wildman–Crippen LogP) is 1.85. The van der Waals surface area contributed by atoms with E-state index in [-0.39, 0.29) is 5.95 Å². The van der Waals surface area contributed by atoms with Gasteiger partial charge in [0.25, 0.3) is 0 Å². The summed E-state index contributed by atoms with van der Waals surface area (Å²) in [5, 5.41) is 0. The molecule has 6 heteroatoms. The van der Waals surface area contributed by atoms with Gasteiger partial charge in [-0.15, -0.1) is 0 Å². The SMILES string of the molecule is CCOc1nc(N)nc(N2CCC(c3ccccc3)C2)n1. The Kier molecular flexibility index (Phi) is 3.85. The van der Waals surface area contributed by atoms with Crippen LogP contribution in [0.25, 0.3) is 0 Å². The molecule has 1 aliphatic rings. The molecule has 1 unspecified atom stereocenters. The molecule has 1 aromatic heterocycles. The van der Waals surface area contributed by atoms with E-state index in [0.29, 0.717) is 24.5 Å². The van der Waals surface area contributed by atoms with Gasteiger partial charge in [0.1, 0.15) is 0 Å². The Hall–Kier alpha value is -2.37. The number of rotatable bonds is 4. The highest BCUT2D eigenvalue weighted by atomic mass is 16.5. The summed E-state index contributed by atoms with van der Waals surface area (Å²) in [4.78, 5) is 14.7. The van der Waals surface area contributed by atoms with E-state index in [1.807, 2.05) is 13.0 Å². The van der Waals surface area contributed by atoms with Crippen LogP contribution in [0.4, 0.5) is 11.9 Å². The fraction of sp³-hybridized carbons (Fsp3) is 0.400. The molecule has 1 atom stereocenters. The molecule has 0 radical (unpaired) electrons. The summed E-state index contributed by atoms with van der Waals surface area (Å²) in [5.41, 5.74) is 7.09. The molecule has 0 bridgehead atoms. The third-order valence-corrected chi connectivity index (χ3v) is 3.64. The fourth-order valence-electron chi connectivity index (χ4n) is 2.64. The lowest BCUT2D eigenvalue weighted by Gasteiger charge is -2.17. The van der Waals surface area contributed by atoms with Crippen LogP contribution in [0.5, 0.6) is 6.01 Å².